The van der Waals surface area contributed by atoms with Crippen molar-refractivity contribution >= 4 is 0 Å². The fraction of sp³-hybridized carbons (Fsp3) is 0.280. The average molecular weight is 392 g/mol. The molecule has 0 spiro atoms. The molecule has 0 bridgehead atoms. The normalized spacial score (nSPS) is 10.9. The molecule has 0 heterocycles. The third-order valence-corrected chi connectivity index (χ3v) is 5.37. The molecule has 3 aromatic rings. The van der Waals surface area contributed by atoms with E-state index in [4.69, 9.17) is 4.74 Å². The van der Waals surface area contributed by atoms with Gasteiger partial charge in [0.05, 0.1) is 7.11 Å². The maximum absolute atomic E-state index is 10.5. The van der Waals surface area contributed by atoms with Gasteiger partial charge in [-0.15, -0.1) is 0 Å². The zero-order chi connectivity index (χ0) is 21.3. The van der Waals surface area contributed by atoms with E-state index in [-0.39, 0.29) is 5.75 Å². The van der Waals surface area contributed by atoms with Crippen LogP contribution >= 0.6 is 0 Å². The van der Waals surface area contributed by atoms with Crippen molar-refractivity contribution in [1.82, 2.24) is 0 Å². The fourth-order valence-electron chi connectivity index (χ4n) is 3.87. The SMILES string of the molecule is COc1cc(O)c(Cc2cc(C)c(O)c(C)c2)cc1Cc1cc(C)c(O)c(C)c1. The van der Waals surface area contributed by atoms with Gasteiger partial charge in [-0.25, -0.2) is 0 Å². The molecule has 0 unspecified atom stereocenters. The van der Waals surface area contributed by atoms with E-state index in [0.29, 0.717) is 30.1 Å². The van der Waals surface area contributed by atoms with Gasteiger partial charge in [0.1, 0.15) is 23.0 Å². The van der Waals surface area contributed by atoms with Gasteiger partial charge >= 0.3 is 0 Å². The zero-order valence-electron chi connectivity index (χ0n) is 17.6. The summed E-state index contributed by atoms with van der Waals surface area (Å²) >= 11 is 0. The van der Waals surface area contributed by atoms with Gasteiger partial charge in [-0.2, -0.15) is 0 Å². The number of benzene rings is 3. The van der Waals surface area contributed by atoms with Crippen molar-refractivity contribution in [3.63, 3.8) is 0 Å². The number of aryl methyl sites for hydroxylation is 4. The molecule has 0 aliphatic rings. The van der Waals surface area contributed by atoms with Crippen molar-refractivity contribution in [2.45, 2.75) is 40.5 Å². The number of phenols is 3. The number of hydrogen-bond acceptors (Lipinski definition) is 4. The van der Waals surface area contributed by atoms with E-state index < -0.39 is 0 Å². The lowest BCUT2D eigenvalue weighted by Gasteiger charge is -2.15. The molecule has 0 aliphatic heterocycles. The molecule has 29 heavy (non-hydrogen) atoms. The highest BCUT2D eigenvalue weighted by Gasteiger charge is 2.14. The van der Waals surface area contributed by atoms with Gasteiger partial charge in [0, 0.05) is 18.9 Å². The molecule has 4 heteroatoms. The van der Waals surface area contributed by atoms with Crippen molar-refractivity contribution in [3.8, 4) is 23.0 Å². The molecule has 3 N–H and O–H groups in total. The Bertz CT molecular complexity index is 1020. The molecule has 4 nitrogen and oxygen atoms in total. The minimum absolute atomic E-state index is 0.187. The molecular weight excluding hydrogens is 364 g/mol. The first-order valence-electron chi connectivity index (χ1n) is 9.66. The molecule has 0 fully saturated rings. The second-order valence-corrected chi connectivity index (χ2v) is 7.80. The molecule has 0 saturated carbocycles. The van der Waals surface area contributed by atoms with Gasteiger partial charge in [-0.3, -0.25) is 0 Å². The van der Waals surface area contributed by atoms with Crippen molar-refractivity contribution in [2.24, 2.45) is 0 Å². The van der Waals surface area contributed by atoms with Gasteiger partial charge in [0.25, 0.3) is 0 Å². The van der Waals surface area contributed by atoms with Crippen LogP contribution in [0.4, 0.5) is 0 Å². The summed E-state index contributed by atoms with van der Waals surface area (Å²) in [7, 11) is 1.60. The number of methoxy groups -OCH3 is 1. The van der Waals surface area contributed by atoms with E-state index >= 15 is 0 Å². The van der Waals surface area contributed by atoms with Crippen LogP contribution in [-0.4, -0.2) is 22.4 Å². The fourth-order valence-corrected chi connectivity index (χ4v) is 3.87. The number of phenolic OH excluding ortho intramolecular Hbond substituents is 3. The molecule has 0 amide bonds. The number of aromatic hydroxyl groups is 3. The monoisotopic (exact) mass is 392 g/mol. The quantitative estimate of drug-likeness (QED) is 0.556. The van der Waals surface area contributed by atoms with Gasteiger partial charge in [0.15, 0.2) is 0 Å². The molecule has 0 atom stereocenters. The van der Waals surface area contributed by atoms with Crippen LogP contribution in [0.2, 0.25) is 0 Å². The number of hydrogen-bond donors (Lipinski definition) is 3. The Morgan fingerprint density at radius 2 is 1.03 bits per heavy atom. The van der Waals surface area contributed by atoms with E-state index in [0.717, 1.165) is 44.5 Å². The summed E-state index contributed by atoms with van der Waals surface area (Å²) in [5.74, 6) is 1.45. The molecule has 0 aromatic heterocycles. The summed E-state index contributed by atoms with van der Waals surface area (Å²) in [4.78, 5) is 0. The third-order valence-electron chi connectivity index (χ3n) is 5.37. The van der Waals surface area contributed by atoms with Gasteiger partial charge < -0.3 is 20.1 Å². The largest absolute Gasteiger partial charge is 0.508 e. The van der Waals surface area contributed by atoms with Crippen molar-refractivity contribution < 1.29 is 20.1 Å². The lowest BCUT2D eigenvalue weighted by Crippen LogP contribution is -1.99. The molecule has 3 aromatic carbocycles. The second-order valence-electron chi connectivity index (χ2n) is 7.80. The minimum atomic E-state index is 0.187. The predicted molar refractivity (Wildman–Crippen MR) is 115 cm³/mol. The first-order valence-corrected chi connectivity index (χ1v) is 9.66. The van der Waals surface area contributed by atoms with Crippen LogP contribution < -0.4 is 4.74 Å². The topological polar surface area (TPSA) is 69.9 Å². The molecule has 0 aliphatic carbocycles. The van der Waals surface area contributed by atoms with Crippen LogP contribution in [0.1, 0.15) is 44.5 Å². The highest BCUT2D eigenvalue weighted by Crippen LogP contribution is 2.33. The number of rotatable bonds is 5. The zero-order valence-corrected chi connectivity index (χ0v) is 17.6. The Morgan fingerprint density at radius 1 is 0.621 bits per heavy atom. The predicted octanol–water partition coefficient (Wildman–Crippen LogP) is 5.23. The highest BCUT2D eigenvalue weighted by molar-refractivity contribution is 5.52. The van der Waals surface area contributed by atoms with E-state index in [1.807, 2.05) is 58.0 Å². The maximum atomic E-state index is 10.5. The number of ether oxygens (including phenoxy) is 1. The van der Waals surface area contributed by atoms with E-state index in [2.05, 4.69) is 0 Å². The Balaban J connectivity index is 1.98. The average Bonchev–Trinajstić information content (AvgIpc) is 2.66. The van der Waals surface area contributed by atoms with Crippen LogP contribution in [0.25, 0.3) is 0 Å². The van der Waals surface area contributed by atoms with Crippen molar-refractivity contribution in [2.75, 3.05) is 7.11 Å². The molecule has 0 saturated heterocycles. The van der Waals surface area contributed by atoms with Gasteiger partial charge in [-0.05, 0) is 78.3 Å². The first kappa shape index (κ1) is 20.6. The van der Waals surface area contributed by atoms with Crippen LogP contribution in [0.5, 0.6) is 23.0 Å². The van der Waals surface area contributed by atoms with Gasteiger partial charge in [0.2, 0.25) is 0 Å². The summed E-state index contributed by atoms with van der Waals surface area (Å²) in [6, 6.07) is 11.5. The Kier molecular flexibility index (Phi) is 5.73. The Morgan fingerprint density at radius 3 is 1.45 bits per heavy atom. The summed E-state index contributed by atoms with van der Waals surface area (Å²) in [6.07, 6.45) is 1.18. The lowest BCUT2D eigenvalue weighted by molar-refractivity contribution is 0.402. The van der Waals surface area contributed by atoms with Crippen molar-refractivity contribution in [1.29, 1.82) is 0 Å². The van der Waals surface area contributed by atoms with E-state index in [1.54, 1.807) is 13.2 Å². The van der Waals surface area contributed by atoms with Crippen LogP contribution in [0, 0.1) is 27.7 Å². The third kappa shape index (κ3) is 4.32. The van der Waals surface area contributed by atoms with Gasteiger partial charge in [-0.1, -0.05) is 24.3 Å². The molecular formula is C25H28O4. The first-order chi connectivity index (χ1) is 13.7. The Labute approximate surface area is 172 Å². The lowest BCUT2D eigenvalue weighted by atomic mass is 9.94. The van der Waals surface area contributed by atoms with Crippen molar-refractivity contribution in [3.05, 3.63) is 80.9 Å². The molecule has 0 radical (unpaired) electrons. The van der Waals surface area contributed by atoms with E-state index in [9.17, 15) is 15.3 Å². The maximum Gasteiger partial charge on any atom is 0.126 e. The van der Waals surface area contributed by atoms with E-state index in [1.165, 1.54) is 0 Å². The highest BCUT2D eigenvalue weighted by atomic mass is 16.5. The molecule has 152 valence electrons. The summed E-state index contributed by atoms with van der Waals surface area (Å²) in [5.41, 5.74) is 7.20. The van der Waals surface area contributed by atoms with Crippen LogP contribution in [0.15, 0.2) is 36.4 Å². The smallest absolute Gasteiger partial charge is 0.126 e. The molecule has 3 rings (SSSR count). The summed E-state index contributed by atoms with van der Waals surface area (Å²) in [6.45, 7) is 7.53. The summed E-state index contributed by atoms with van der Waals surface area (Å²) < 4.78 is 5.50. The Hall–Kier alpha value is -3.14. The van der Waals surface area contributed by atoms with Crippen LogP contribution in [0.3, 0.4) is 0 Å². The minimum Gasteiger partial charge on any atom is -0.508 e. The van der Waals surface area contributed by atoms with Crippen LogP contribution in [-0.2, 0) is 12.8 Å². The summed E-state index contributed by atoms with van der Waals surface area (Å²) in [5, 5.41) is 30.6. The standard InChI is InChI=1S/C25H28O4/c1-14-6-18(7-15(2)24(14)27)10-20-12-21(23(29-5)13-22(20)26)11-19-8-16(3)25(28)17(4)9-19/h6-9,12-13,26-28H,10-11H2,1-5H3. The second kappa shape index (κ2) is 8.08.